The zero-order valence-corrected chi connectivity index (χ0v) is 19.6. The summed E-state index contributed by atoms with van der Waals surface area (Å²) in [5.41, 5.74) is 3.72. The summed E-state index contributed by atoms with van der Waals surface area (Å²) in [6, 6.07) is 17.3. The van der Waals surface area contributed by atoms with Gasteiger partial charge in [-0.25, -0.2) is 5.48 Å². The maximum atomic E-state index is 13.1. The van der Waals surface area contributed by atoms with Crippen LogP contribution in [0, 0.1) is 0 Å². The first kappa shape index (κ1) is 24.8. The number of hydroxylamine groups is 1. The molecule has 3 aromatic rings. The van der Waals surface area contributed by atoms with E-state index in [0.29, 0.717) is 22.2 Å². The fraction of sp³-hybridized carbons (Fsp3) is 0.115. The van der Waals surface area contributed by atoms with Crippen LogP contribution in [0.4, 0.5) is 5.69 Å². The average molecular weight is 508 g/mol. The molecule has 1 aliphatic heterocycles. The van der Waals surface area contributed by atoms with Crippen LogP contribution in [0.2, 0.25) is 5.02 Å². The van der Waals surface area contributed by atoms with Crippen LogP contribution in [0.3, 0.4) is 0 Å². The third kappa shape index (κ3) is 6.41. The molecule has 3 aromatic carbocycles. The molecule has 0 aliphatic carbocycles. The summed E-state index contributed by atoms with van der Waals surface area (Å²) in [6.07, 6.45) is 3.17. The molecule has 0 saturated carbocycles. The van der Waals surface area contributed by atoms with Gasteiger partial charge in [0.2, 0.25) is 18.6 Å². The van der Waals surface area contributed by atoms with Gasteiger partial charge in [-0.1, -0.05) is 29.8 Å². The van der Waals surface area contributed by atoms with Crippen LogP contribution < -0.4 is 25.6 Å². The lowest BCUT2D eigenvalue weighted by Gasteiger charge is -2.18. The zero-order valence-electron chi connectivity index (χ0n) is 18.9. The molecule has 1 heterocycles. The van der Waals surface area contributed by atoms with Gasteiger partial charge in [0.05, 0.1) is 0 Å². The molecule has 0 bridgehead atoms. The first-order valence-corrected chi connectivity index (χ1v) is 11.3. The molecule has 0 radical (unpaired) electrons. The Labute approximate surface area is 211 Å². The van der Waals surface area contributed by atoms with E-state index in [9.17, 15) is 14.4 Å². The molecular weight excluding hydrogens is 486 g/mol. The highest BCUT2D eigenvalue weighted by Gasteiger charge is 2.21. The maximum Gasteiger partial charge on any atom is 0.274 e. The highest BCUT2D eigenvalue weighted by molar-refractivity contribution is 6.30. The topological polar surface area (TPSA) is 126 Å². The van der Waals surface area contributed by atoms with E-state index in [1.54, 1.807) is 54.0 Å². The van der Waals surface area contributed by atoms with Crippen molar-refractivity contribution in [1.29, 1.82) is 0 Å². The molecule has 184 valence electrons. The molecular formula is C26H22ClN3O6. The molecule has 4 rings (SSSR count). The lowest BCUT2D eigenvalue weighted by molar-refractivity contribution is -0.123. The van der Waals surface area contributed by atoms with Crippen molar-refractivity contribution in [3.63, 3.8) is 0 Å². The number of ether oxygens (including phenoxy) is 2. The van der Waals surface area contributed by atoms with Crippen LogP contribution >= 0.6 is 11.6 Å². The summed E-state index contributed by atoms with van der Waals surface area (Å²) in [5, 5.41) is 14.8. The van der Waals surface area contributed by atoms with Crippen LogP contribution in [0.1, 0.15) is 21.5 Å². The molecule has 9 nitrogen and oxygen atoms in total. The number of halogens is 1. The summed E-state index contributed by atoms with van der Waals surface area (Å²) in [5.74, 6) is -0.345. The molecule has 0 spiro atoms. The normalized spacial score (nSPS) is 12.7. The molecule has 0 fully saturated rings. The first-order chi connectivity index (χ1) is 17.4. The van der Waals surface area contributed by atoms with Crippen molar-refractivity contribution >= 4 is 41.1 Å². The SMILES string of the molecule is O=C(/C=C/c1ccc2c(c1)OCO2)N[C@@H](Cc1ccc(Cl)cc1)C(=O)Nc1ccc(C(=O)NO)cc1. The van der Waals surface area contributed by atoms with E-state index in [0.717, 1.165) is 11.1 Å². The van der Waals surface area contributed by atoms with Gasteiger partial charge in [0, 0.05) is 28.8 Å². The molecule has 0 unspecified atom stereocenters. The van der Waals surface area contributed by atoms with Crippen molar-refractivity contribution in [2.45, 2.75) is 12.5 Å². The Balaban J connectivity index is 1.46. The van der Waals surface area contributed by atoms with Gasteiger partial charge in [0.25, 0.3) is 5.91 Å². The number of fused-ring (bicyclic) bond motifs is 1. The lowest BCUT2D eigenvalue weighted by Crippen LogP contribution is -2.44. The number of anilines is 1. The number of hydrogen-bond donors (Lipinski definition) is 4. The van der Waals surface area contributed by atoms with E-state index >= 15 is 0 Å². The second-order valence-corrected chi connectivity index (χ2v) is 8.28. The van der Waals surface area contributed by atoms with Gasteiger partial charge >= 0.3 is 0 Å². The third-order valence-corrected chi connectivity index (χ3v) is 5.58. The molecule has 3 amide bonds. The number of benzene rings is 3. The van der Waals surface area contributed by atoms with Gasteiger partial charge in [-0.15, -0.1) is 0 Å². The fourth-order valence-electron chi connectivity index (χ4n) is 3.47. The number of carbonyl (C=O) groups excluding carboxylic acids is 3. The largest absolute Gasteiger partial charge is 0.454 e. The number of hydrogen-bond acceptors (Lipinski definition) is 6. The van der Waals surface area contributed by atoms with Crippen molar-refractivity contribution in [3.8, 4) is 11.5 Å². The Morgan fingerprint density at radius 2 is 1.69 bits per heavy atom. The van der Waals surface area contributed by atoms with E-state index in [4.69, 9.17) is 26.3 Å². The van der Waals surface area contributed by atoms with Gasteiger partial charge in [-0.05, 0) is 65.7 Å². The number of carbonyl (C=O) groups is 3. The van der Waals surface area contributed by atoms with Crippen LogP contribution in [0.25, 0.3) is 6.08 Å². The quantitative estimate of drug-likeness (QED) is 0.210. The number of amides is 3. The van der Waals surface area contributed by atoms with Crippen molar-refractivity contribution in [1.82, 2.24) is 10.8 Å². The van der Waals surface area contributed by atoms with Crippen molar-refractivity contribution in [2.24, 2.45) is 0 Å². The summed E-state index contributed by atoms with van der Waals surface area (Å²) >= 11 is 5.96. The molecule has 1 aliphatic rings. The Kier molecular flexibility index (Phi) is 7.84. The Bertz CT molecular complexity index is 1290. The second-order valence-electron chi connectivity index (χ2n) is 7.85. The van der Waals surface area contributed by atoms with E-state index in [1.807, 2.05) is 0 Å². The Morgan fingerprint density at radius 1 is 0.972 bits per heavy atom. The predicted molar refractivity (Wildman–Crippen MR) is 133 cm³/mol. The first-order valence-electron chi connectivity index (χ1n) is 10.9. The summed E-state index contributed by atoms with van der Waals surface area (Å²) in [4.78, 5) is 37.3. The van der Waals surface area contributed by atoms with E-state index < -0.39 is 23.8 Å². The smallest absolute Gasteiger partial charge is 0.274 e. The van der Waals surface area contributed by atoms with E-state index in [2.05, 4.69) is 10.6 Å². The Morgan fingerprint density at radius 3 is 2.42 bits per heavy atom. The summed E-state index contributed by atoms with van der Waals surface area (Å²) < 4.78 is 10.6. The minimum Gasteiger partial charge on any atom is -0.454 e. The van der Waals surface area contributed by atoms with Crippen molar-refractivity contribution in [3.05, 3.63) is 94.5 Å². The van der Waals surface area contributed by atoms with Gasteiger partial charge in [-0.2, -0.15) is 0 Å². The maximum absolute atomic E-state index is 13.1. The highest BCUT2D eigenvalue weighted by atomic mass is 35.5. The average Bonchev–Trinajstić information content (AvgIpc) is 3.36. The van der Waals surface area contributed by atoms with Crippen LogP contribution in [-0.4, -0.2) is 35.8 Å². The van der Waals surface area contributed by atoms with Crippen molar-refractivity contribution < 1.29 is 29.1 Å². The van der Waals surface area contributed by atoms with Crippen LogP contribution in [0.15, 0.2) is 72.8 Å². The monoisotopic (exact) mass is 507 g/mol. The molecule has 1 atom stereocenters. The lowest BCUT2D eigenvalue weighted by atomic mass is 10.0. The van der Waals surface area contributed by atoms with E-state index in [1.165, 1.54) is 30.3 Å². The molecule has 0 aromatic heterocycles. The molecule has 10 heteroatoms. The zero-order chi connectivity index (χ0) is 25.5. The minimum absolute atomic E-state index is 0.155. The highest BCUT2D eigenvalue weighted by Crippen LogP contribution is 2.32. The minimum atomic E-state index is -0.902. The van der Waals surface area contributed by atoms with Gasteiger partial charge < -0.3 is 20.1 Å². The van der Waals surface area contributed by atoms with Crippen molar-refractivity contribution in [2.75, 3.05) is 12.1 Å². The summed E-state index contributed by atoms with van der Waals surface area (Å²) in [7, 11) is 0. The number of nitrogens with one attached hydrogen (secondary N) is 3. The van der Waals surface area contributed by atoms with Crippen LogP contribution in [0.5, 0.6) is 11.5 Å². The molecule has 0 saturated heterocycles. The van der Waals surface area contributed by atoms with E-state index in [-0.39, 0.29) is 18.8 Å². The predicted octanol–water partition coefficient (Wildman–Crippen LogP) is 3.57. The fourth-order valence-corrected chi connectivity index (χ4v) is 3.60. The Hall–Kier alpha value is -4.34. The van der Waals surface area contributed by atoms with Gasteiger partial charge in [0.1, 0.15) is 6.04 Å². The molecule has 36 heavy (non-hydrogen) atoms. The van der Waals surface area contributed by atoms with Crippen LogP contribution in [-0.2, 0) is 16.0 Å². The van der Waals surface area contributed by atoms with Gasteiger partial charge in [-0.3, -0.25) is 19.6 Å². The second kappa shape index (κ2) is 11.4. The third-order valence-electron chi connectivity index (χ3n) is 5.33. The summed E-state index contributed by atoms with van der Waals surface area (Å²) in [6.45, 7) is 0.155. The number of rotatable bonds is 8. The standard InChI is InChI=1S/C26H22ClN3O6/c27-19-7-1-16(2-8-19)13-21(26(33)28-20-9-5-18(6-10-20)25(32)30-34)29-24(31)12-4-17-3-11-22-23(14-17)36-15-35-22/h1-12,14,21,34H,13,15H2,(H,28,33)(H,29,31)(H,30,32)/b12-4+/t21-/m0/s1. The molecule has 4 N–H and O–H groups in total. The van der Waals surface area contributed by atoms with Gasteiger partial charge in [0.15, 0.2) is 11.5 Å².